The SMILES string of the molecule is CN=CCc1nc2c(nc1C)c1nc3ccn(C)c3nc1c1nc3c(ccn3C)nc21. The third-order valence-corrected chi connectivity index (χ3v) is 5.70. The van der Waals surface area contributed by atoms with Crippen molar-refractivity contribution in [3.8, 4) is 0 Å². The van der Waals surface area contributed by atoms with E-state index in [-0.39, 0.29) is 0 Å². The Morgan fingerprint density at radius 2 is 1.23 bits per heavy atom. The molecule has 6 rings (SSSR count). The standard InChI is InChI=1S/C22H19N9/c1-11-12(5-8-23-2)25-16-15(24-11)17-19(28-21-13(26-17)6-9-30(21)3)20-18(16)27-14-7-10-31(4)22(14)29-20/h6-10H,5H2,1-4H3. The number of aliphatic imine (C=N–C) groups is 1. The molecule has 0 radical (unpaired) electrons. The summed E-state index contributed by atoms with van der Waals surface area (Å²) in [5.74, 6) is 0. The first kappa shape index (κ1) is 17.8. The maximum atomic E-state index is 4.95. The molecule has 5 aromatic heterocycles. The van der Waals surface area contributed by atoms with Crippen molar-refractivity contribution in [1.29, 1.82) is 0 Å². The average molecular weight is 409 g/mol. The van der Waals surface area contributed by atoms with E-state index in [4.69, 9.17) is 29.9 Å². The number of fused-ring (bicyclic) bond motifs is 8. The number of aryl methyl sites for hydroxylation is 3. The van der Waals surface area contributed by atoms with Crippen LogP contribution in [0.2, 0.25) is 0 Å². The summed E-state index contributed by atoms with van der Waals surface area (Å²) in [4.78, 5) is 33.7. The molecule has 31 heavy (non-hydrogen) atoms. The van der Waals surface area contributed by atoms with Gasteiger partial charge in [-0.25, -0.2) is 29.9 Å². The topological polar surface area (TPSA) is 99.6 Å². The van der Waals surface area contributed by atoms with Crippen molar-refractivity contribution in [3.63, 3.8) is 0 Å². The lowest BCUT2D eigenvalue weighted by Gasteiger charge is -2.10. The molecule has 1 aromatic carbocycles. The minimum Gasteiger partial charge on any atom is -0.334 e. The van der Waals surface area contributed by atoms with E-state index < -0.39 is 0 Å². The Hall–Kier alpha value is -4.01. The molecule has 0 amide bonds. The molecule has 0 saturated heterocycles. The van der Waals surface area contributed by atoms with Crippen molar-refractivity contribution in [1.82, 2.24) is 39.0 Å². The van der Waals surface area contributed by atoms with Crippen LogP contribution >= 0.6 is 0 Å². The number of aromatic nitrogens is 8. The van der Waals surface area contributed by atoms with Crippen LogP contribution in [0.1, 0.15) is 11.4 Å². The fourth-order valence-corrected chi connectivity index (χ4v) is 4.04. The second kappa shape index (κ2) is 6.24. The molecule has 0 bridgehead atoms. The van der Waals surface area contributed by atoms with E-state index in [9.17, 15) is 0 Å². The summed E-state index contributed by atoms with van der Waals surface area (Å²) in [6.07, 6.45) is 6.35. The Kier molecular flexibility index (Phi) is 3.59. The molecule has 152 valence electrons. The highest BCUT2D eigenvalue weighted by Gasteiger charge is 2.20. The number of hydrogen-bond donors (Lipinski definition) is 0. The summed E-state index contributed by atoms with van der Waals surface area (Å²) in [7, 11) is 5.67. The summed E-state index contributed by atoms with van der Waals surface area (Å²) in [6, 6.07) is 3.91. The first-order valence-corrected chi connectivity index (χ1v) is 10.0. The van der Waals surface area contributed by atoms with Crippen LogP contribution in [0, 0.1) is 6.92 Å². The van der Waals surface area contributed by atoms with Gasteiger partial charge in [-0.1, -0.05) is 0 Å². The zero-order chi connectivity index (χ0) is 21.3. The van der Waals surface area contributed by atoms with Gasteiger partial charge in [0.1, 0.15) is 44.1 Å². The van der Waals surface area contributed by atoms with Crippen molar-refractivity contribution in [2.75, 3.05) is 7.05 Å². The summed E-state index contributed by atoms with van der Waals surface area (Å²) < 4.78 is 3.91. The second-order valence-corrected chi connectivity index (χ2v) is 7.71. The lowest BCUT2D eigenvalue weighted by molar-refractivity contribution is 0.948. The van der Waals surface area contributed by atoms with Crippen LogP contribution in [0.4, 0.5) is 0 Å². The minimum atomic E-state index is 0.606. The van der Waals surface area contributed by atoms with Gasteiger partial charge in [-0.05, 0) is 19.1 Å². The number of benzene rings is 1. The van der Waals surface area contributed by atoms with E-state index in [1.165, 1.54) is 0 Å². The summed E-state index contributed by atoms with van der Waals surface area (Å²) in [6.45, 7) is 1.96. The van der Waals surface area contributed by atoms with E-state index in [1.54, 1.807) is 7.05 Å². The van der Waals surface area contributed by atoms with Gasteiger partial charge in [0.2, 0.25) is 0 Å². The van der Waals surface area contributed by atoms with Gasteiger partial charge in [0, 0.05) is 46.2 Å². The zero-order valence-electron chi connectivity index (χ0n) is 17.6. The second-order valence-electron chi connectivity index (χ2n) is 7.71. The van der Waals surface area contributed by atoms with Gasteiger partial charge in [0.05, 0.1) is 11.4 Å². The average Bonchev–Trinajstić information content (AvgIpc) is 3.32. The summed E-state index contributed by atoms with van der Waals surface area (Å²) in [5.41, 5.74) is 9.04. The Morgan fingerprint density at radius 3 is 1.77 bits per heavy atom. The lowest BCUT2D eigenvalue weighted by Crippen LogP contribution is -2.04. The molecule has 6 aromatic rings. The maximum Gasteiger partial charge on any atom is 0.159 e. The molecule has 9 nitrogen and oxygen atoms in total. The molecule has 0 spiro atoms. The van der Waals surface area contributed by atoms with Crippen molar-refractivity contribution < 1.29 is 0 Å². The third kappa shape index (κ3) is 2.46. The zero-order valence-corrected chi connectivity index (χ0v) is 17.6. The van der Waals surface area contributed by atoms with Gasteiger partial charge in [-0.2, -0.15) is 0 Å². The maximum absolute atomic E-state index is 4.95. The Bertz CT molecular complexity index is 1710. The molecule has 5 heterocycles. The first-order chi connectivity index (χ1) is 15.0. The highest BCUT2D eigenvalue weighted by molar-refractivity contribution is 6.19. The fourth-order valence-electron chi connectivity index (χ4n) is 4.04. The smallest absolute Gasteiger partial charge is 0.159 e. The summed E-state index contributed by atoms with van der Waals surface area (Å²) >= 11 is 0. The molecule has 0 aliphatic rings. The molecule has 0 N–H and O–H groups in total. The lowest BCUT2D eigenvalue weighted by atomic mass is 10.1. The molecule has 0 unspecified atom stereocenters. The predicted molar refractivity (Wildman–Crippen MR) is 122 cm³/mol. The fraction of sp³-hybridized carbons (Fsp3) is 0.227. The number of nitrogens with zero attached hydrogens (tertiary/aromatic N) is 9. The van der Waals surface area contributed by atoms with Crippen molar-refractivity contribution in [2.24, 2.45) is 19.1 Å². The van der Waals surface area contributed by atoms with E-state index in [2.05, 4.69) is 4.99 Å². The van der Waals surface area contributed by atoms with E-state index in [0.29, 0.717) is 39.5 Å². The van der Waals surface area contributed by atoms with Crippen LogP contribution in [0.5, 0.6) is 0 Å². The van der Waals surface area contributed by atoms with Gasteiger partial charge in [-0.3, -0.25) is 0 Å². The van der Waals surface area contributed by atoms with Crippen LogP contribution in [0.25, 0.3) is 55.4 Å². The molecule has 0 aliphatic carbocycles. The van der Waals surface area contributed by atoms with Gasteiger partial charge >= 0.3 is 0 Å². The highest BCUT2D eigenvalue weighted by Crippen LogP contribution is 2.32. The Morgan fingerprint density at radius 1 is 0.742 bits per heavy atom. The molecule has 0 atom stereocenters. The minimum absolute atomic E-state index is 0.606. The molecule has 0 saturated carbocycles. The van der Waals surface area contributed by atoms with Gasteiger partial charge in [0.15, 0.2) is 11.3 Å². The van der Waals surface area contributed by atoms with E-state index in [0.717, 1.165) is 33.7 Å². The predicted octanol–water partition coefficient (Wildman–Crippen LogP) is 3.05. The number of rotatable bonds is 2. The van der Waals surface area contributed by atoms with E-state index in [1.807, 2.05) is 60.9 Å². The van der Waals surface area contributed by atoms with Crippen LogP contribution in [0.3, 0.4) is 0 Å². The summed E-state index contributed by atoms with van der Waals surface area (Å²) in [5, 5.41) is 0. The van der Waals surface area contributed by atoms with Crippen LogP contribution in [-0.2, 0) is 20.5 Å². The largest absolute Gasteiger partial charge is 0.334 e. The van der Waals surface area contributed by atoms with Gasteiger partial charge in [0.25, 0.3) is 0 Å². The normalized spacial score (nSPS) is 12.5. The molecular weight excluding hydrogens is 390 g/mol. The van der Waals surface area contributed by atoms with Crippen molar-refractivity contribution in [2.45, 2.75) is 13.3 Å². The van der Waals surface area contributed by atoms with Gasteiger partial charge in [-0.15, -0.1) is 0 Å². The highest BCUT2D eigenvalue weighted by atomic mass is 15.1. The molecule has 9 heteroatoms. The number of hydrogen-bond acceptors (Lipinski definition) is 7. The monoisotopic (exact) mass is 409 g/mol. The Balaban J connectivity index is 1.88. The van der Waals surface area contributed by atoms with Crippen LogP contribution < -0.4 is 0 Å². The molecular formula is C22H19N9. The third-order valence-electron chi connectivity index (χ3n) is 5.70. The molecule has 0 fully saturated rings. The van der Waals surface area contributed by atoms with Crippen molar-refractivity contribution in [3.05, 3.63) is 35.9 Å². The van der Waals surface area contributed by atoms with E-state index >= 15 is 0 Å². The quantitative estimate of drug-likeness (QED) is 0.322. The van der Waals surface area contributed by atoms with Crippen LogP contribution in [0.15, 0.2) is 29.5 Å². The van der Waals surface area contributed by atoms with Gasteiger partial charge < -0.3 is 14.1 Å². The van der Waals surface area contributed by atoms with Crippen LogP contribution in [-0.4, -0.2) is 52.3 Å². The van der Waals surface area contributed by atoms with Crippen molar-refractivity contribution >= 4 is 61.6 Å². The molecule has 0 aliphatic heterocycles. The first-order valence-electron chi connectivity index (χ1n) is 10.0. The Labute approximate surface area is 176 Å².